The van der Waals surface area contributed by atoms with Crippen molar-refractivity contribution < 1.29 is 32.5 Å². The first-order chi connectivity index (χ1) is 11.7. The molecule has 134 valence electrons. The van der Waals surface area contributed by atoms with E-state index in [1.165, 1.54) is 25.3 Å². The van der Waals surface area contributed by atoms with Crippen LogP contribution >= 0.6 is 12.6 Å². The van der Waals surface area contributed by atoms with Crippen LogP contribution in [0.4, 0.5) is 13.2 Å². The highest BCUT2D eigenvalue weighted by molar-refractivity contribution is 7.79. The van der Waals surface area contributed by atoms with Crippen LogP contribution in [0.1, 0.15) is 16.7 Å². The molecule has 0 unspecified atom stereocenters. The van der Waals surface area contributed by atoms with Crippen LogP contribution in [0.5, 0.6) is 17.2 Å². The molecular weight excluding hydrogens is 357 g/mol. The molecule has 2 aromatic rings. The number of benzene rings is 2. The Bertz CT molecular complexity index is 775. The molecule has 8 heteroatoms. The zero-order valence-electron chi connectivity index (χ0n) is 13.1. The molecule has 0 fully saturated rings. The van der Waals surface area contributed by atoms with Crippen LogP contribution < -0.4 is 9.47 Å². The van der Waals surface area contributed by atoms with E-state index in [4.69, 9.17) is 14.6 Å². The second-order valence-corrected chi connectivity index (χ2v) is 5.45. The van der Waals surface area contributed by atoms with Crippen molar-refractivity contribution in [2.45, 2.75) is 18.3 Å². The number of ether oxygens (including phenoxy) is 2. The fourth-order valence-electron chi connectivity index (χ4n) is 2.18. The Balaban J connectivity index is 2.39. The Morgan fingerprint density at radius 3 is 2.36 bits per heavy atom. The molecule has 25 heavy (non-hydrogen) atoms. The second-order valence-electron chi connectivity index (χ2n) is 5.14. The molecule has 0 saturated carbocycles. The number of carboxylic acids is 1. The molecule has 0 amide bonds. The maximum absolute atomic E-state index is 12.8. The zero-order valence-corrected chi connectivity index (χ0v) is 14.0. The predicted octanol–water partition coefficient (Wildman–Crippen LogP) is 4.56. The molecule has 0 aliphatic heterocycles. The van der Waals surface area contributed by atoms with Gasteiger partial charge in [0.2, 0.25) is 0 Å². The van der Waals surface area contributed by atoms with Gasteiger partial charge in [0, 0.05) is 11.3 Å². The molecule has 2 rings (SSSR count). The average molecular weight is 372 g/mol. The number of methoxy groups -OCH3 is 1. The van der Waals surface area contributed by atoms with Gasteiger partial charge in [-0.15, -0.1) is 0 Å². The van der Waals surface area contributed by atoms with E-state index in [9.17, 15) is 18.0 Å². The summed E-state index contributed by atoms with van der Waals surface area (Å²) in [4.78, 5) is 10.8. The summed E-state index contributed by atoms with van der Waals surface area (Å²) in [5.74, 6) is -0.241. The molecule has 1 N–H and O–H groups in total. The molecule has 0 aromatic heterocycles. The predicted molar refractivity (Wildman–Crippen MR) is 88.5 cm³/mol. The summed E-state index contributed by atoms with van der Waals surface area (Å²) in [7, 11) is 1.41. The number of hydrogen-bond donors (Lipinski definition) is 2. The van der Waals surface area contributed by atoms with Gasteiger partial charge in [0.1, 0.15) is 5.75 Å². The Kier molecular flexibility index (Phi) is 5.84. The minimum Gasteiger partial charge on any atom is -0.493 e. The summed E-state index contributed by atoms with van der Waals surface area (Å²) in [5, 5.41) is 8.87. The van der Waals surface area contributed by atoms with Crippen molar-refractivity contribution in [1.82, 2.24) is 0 Å². The van der Waals surface area contributed by atoms with E-state index in [1.807, 2.05) is 0 Å². The molecule has 2 aromatic carbocycles. The smallest absolute Gasteiger partial charge is 0.416 e. The lowest BCUT2D eigenvalue weighted by Gasteiger charge is -2.15. The summed E-state index contributed by atoms with van der Waals surface area (Å²) in [6, 6.07) is 7.68. The Morgan fingerprint density at radius 2 is 1.80 bits per heavy atom. The second kappa shape index (κ2) is 7.69. The van der Waals surface area contributed by atoms with Gasteiger partial charge in [0.05, 0.1) is 19.1 Å². The van der Waals surface area contributed by atoms with Crippen LogP contribution in [0.15, 0.2) is 36.4 Å². The van der Waals surface area contributed by atoms with Gasteiger partial charge in [-0.05, 0) is 35.9 Å². The van der Waals surface area contributed by atoms with Crippen molar-refractivity contribution >= 4 is 18.6 Å². The molecule has 4 nitrogen and oxygen atoms in total. The van der Waals surface area contributed by atoms with Gasteiger partial charge >= 0.3 is 12.1 Å². The molecule has 0 atom stereocenters. The number of rotatable bonds is 6. The summed E-state index contributed by atoms with van der Waals surface area (Å²) >= 11 is 4.05. The van der Waals surface area contributed by atoms with Crippen molar-refractivity contribution in [3.8, 4) is 17.2 Å². The monoisotopic (exact) mass is 372 g/mol. The fraction of sp³-hybridized carbons (Fsp3) is 0.235. The lowest BCUT2D eigenvalue weighted by atomic mass is 10.1. The third-order valence-corrected chi connectivity index (χ3v) is 3.70. The zero-order chi connectivity index (χ0) is 18.6. The normalized spacial score (nSPS) is 11.2. The van der Waals surface area contributed by atoms with Gasteiger partial charge in [-0.1, -0.05) is 6.07 Å². The summed E-state index contributed by atoms with van der Waals surface area (Å²) in [6.45, 7) is 0. The van der Waals surface area contributed by atoms with E-state index in [-0.39, 0.29) is 29.2 Å². The molecule has 0 aliphatic rings. The highest BCUT2D eigenvalue weighted by Crippen LogP contribution is 2.37. The molecule has 0 radical (unpaired) electrons. The number of aliphatic carboxylic acids is 1. The van der Waals surface area contributed by atoms with Crippen LogP contribution in [0.2, 0.25) is 0 Å². The van der Waals surface area contributed by atoms with E-state index in [1.54, 1.807) is 6.07 Å². The van der Waals surface area contributed by atoms with E-state index in [0.29, 0.717) is 11.3 Å². The quantitative estimate of drug-likeness (QED) is 0.730. The van der Waals surface area contributed by atoms with Crippen LogP contribution in [0.3, 0.4) is 0 Å². The summed E-state index contributed by atoms with van der Waals surface area (Å²) in [5.41, 5.74) is -0.0676. The Hall–Kier alpha value is -2.35. The molecular formula is C17H15F3O4S. The van der Waals surface area contributed by atoms with E-state index >= 15 is 0 Å². The van der Waals surface area contributed by atoms with Crippen molar-refractivity contribution in [3.63, 3.8) is 0 Å². The van der Waals surface area contributed by atoms with Crippen LogP contribution in [-0.2, 0) is 23.1 Å². The highest BCUT2D eigenvalue weighted by atomic mass is 32.1. The van der Waals surface area contributed by atoms with Gasteiger partial charge in [-0.2, -0.15) is 25.8 Å². The molecule has 0 saturated heterocycles. The first kappa shape index (κ1) is 19.0. The van der Waals surface area contributed by atoms with Gasteiger partial charge in [-0.3, -0.25) is 4.79 Å². The number of thiol groups is 1. The lowest BCUT2D eigenvalue weighted by Crippen LogP contribution is -2.06. The van der Waals surface area contributed by atoms with E-state index in [0.717, 1.165) is 12.1 Å². The van der Waals surface area contributed by atoms with E-state index < -0.39 is 17.7 Å². The number of halogens is 3. The average Bonchev–Trinajstić information content (AvgIpc) is 2.54. The minimum absolute atomic E-state index is 0.0381. The lowest BCUT2D eigenvalue weighted by molar-refractivity contribution is -0.138. The molecule has 0 spiro atoms. The van der Waals surface area contributed by atoms with Crippen molar-refractivity contribution in [2.24, 2.45) is 0 Å². The highest BCUT2D eigenvalue weighted by Gasteiger charge is 2.31. The first-order valence-corrected chi connectivity index (χ1v) is 7.75. The van der Waals surface area contributed by atoms with Crippen LogP contribution in [0, 0.1) is 0 Å². The van der Waals surface area contributed by atoms with Crippen molar-refractivity contribution in [1.29, 1.82) is 0 Å². The molecule has 0 bridgehead atoms. The number of alkyl halides is 3. The molecule has 0 aliphatic carbocycles. The SMILES string of the molecule is COc1ccc(CC(=O)O)cc1Oc1ccc(C(F)(F)F)cc1CS. The third kappa shape index (κ3) is 4.82. The fourth-order valence-corrected chi connectivity index (χ4v) is 2.43. The summed E-state index contributed by atoms with van der Waals surface area (Å²) < 4.78 is 49.3. The topological polar surface area (TPSA) is 55.8 Å². The standard InChI is InChI=1S/C17H15F3O4S/c1-23-14-4-2-10(7-16(21)22)6-15(14)24-13-5-3-12(17(18,19)20)8-11(13)9-25/h2-6,8,25H,7,9H2,1H3,(H,21,22). The molecule has 0 heterocycles. The first-order valence-electron chi connectivity index (χ1n) is 7.12. The maximum atomic E-state index is 12.8. The maximum Gasteiger partial charge on any atom is 0.416 e. The van der Waals surface area contributed by atoms with Crippen LogP contribution in [-0.4, -0.2) is 18.2 Å². The van der Waals surface area contributed by atoms with E-state index in [2.05, 4.69) is 12.6 Å². The number of carboxylic acid groups (broad SMARTS) is 1. The van der Waals surface area contributed by atoms with Gasteiger partial charge in [0.25, 0.3) is 0 Å². The van der Waals surface area contributed by atoms with Crippen LogP contribution in [0.25, 0.3) is 0 Å². The largest absolute Gasteiger partial charge is 0.493 e. The van der Waals surface area contributed by atoms with Crippen molar-refractivity contribution in [2.75, 3.05) is 7.11 Å². The third-order valence-electron chi connectivity index (χ3n) is 3.36. The minimum atomic E-state index is -4.46. The number of hydrogen-bond acceptors (Lipinski definition) is 4. The summed E-state index contributed by atoms with van der Waals surface area (Å²) in [6.07, 6.45) is -4.68. The Morgan fingerprint density at radius 1 is 1.12 bits per heavy atom. The number of carbonyl (C=O) groups is 1. The Labute approximate surface area is 147 Å². The van der Waals surface area contributed by atoms with Crippen molar-refractivity contribution in [3.05, 3.63) is 53.1 Å². The van der Waals surface area contributed by atoms with Gasteiger partial charge < -0.3 is 14.6 Å². The van der Waals surface area contributed by atoms with Gasteiger partial charge in [-0.25, -0.2) is 0 Å². The van der Waals surface area contributed by atoms with Gasteiger partial charge in [0.15, 0.2) is 11.5 Å².